The summed E-state index contributed by atoms with van der Waals surface area (Å²) in [6.45, 7) is 4.03. The minimum atomic E-state index is -4.42. The summed E-state index contributed by atoms with van der Waals surface area (Å²) in [6, 6.07) is 3.14. The van der Waals surface area contributed by atoms with E-state index < -0.39 is 17.8 Å². The molecule has 0 saturated heterocycles. The van der Waals surface area contributed by atoms with Gasteiger partial charge in [0, 0.05) is 11.1 Å². The molecule has 0 aromatic heterocycles. The zero-order valence-electron chi connectivity index (χ0n) is 10.4. The summed E-state index contributed by atoms with van der Waals surface area (Å²) < 4.78 is 38.6. The number of hydrogen-bond donors (Lipinski definition) is 1. The molecule has 18 heavy (non-hydrogen) atoms. The highest BCUT2D eigenvalue weighted by Crippen LogP contribution is 2.36. The summed E-state index contributed by atoms with van der Waals surface area (Å²) in [6.07, 6.45) is -3.10. The standard InChI is InChI=1S/C13H17ClF3N/c1-8(2)3-6-12(18)10-5-4-9(14)7-11(10)13(15,16)17/h4-5,7-8,12H,3,6,18H2,1-2H3/t12-/m1/s1. The van der Waals surface area contributed by atoms with Gasteiger partial charge in [0.2, 0.25) is 0 Å². The third-order valence-corrected chi connectivity index (χ3v) is 3.01. The molecule has 0 aliphatic heterocycles. The van der Waals surface area contributed by atoms with Gasteiger partial charge < -0.3 is 5.73 Å². The van der Waals surface area contributed by atoms with Crippen molar-refractivity contribution in [3.8, 4) is 0 Å². The maximum absolute atomic E-state index is 12.9. The van der Waals surface area contributed by atoms with Crippen molar-refractivity contribution in [2.45, 2.75) is 38.9 Å². The molecule has 1 aromatic rings. The van der Waals surface area contributed by atoms with Crippen molar-refractivity contribution in [1.29, 1.82) is 0 Å². The van der Waals surface area contributed by atoms with E-state index in [9.17, 15) is 13.2 Å². The zero-order chi connectivity index (χ0) is 13.9. The van der Waals surface area contributed by atoms with E-state index in [0.717, 1.165) is 12.5 Å². The summed E-state index contributed by atoms with van der Waals surface area (Å²) in [5, 5.41) is 0.0714. The van der Waals surface area contributed by atoms with Gasteiger partial charge in [-0.05, 0) is 36.5 Å². The monoisotopic (exact) mass is 279 g/mol. The molecule has 0 spiro atoms. The first kappa shape index (κ1) is 15.3. The first-order valence-corrected chi connectivity index (χ1v) is 6.22. The number of halogens is 4. The summed E-state index contributed by atoms with van der Waals surface area (Å²) >= 11 is 5.61. The number of rotatable bonds is 4. The molecule has 0 aliphatic carbocycles. The molecule has 0 radical (unpaired) electrons. The second-order valence-electron chi connectivity index (χ2n) is 4.81. The maximum atomic E-state index is 12.9. The molecule has 5 heteroatoms. The van der Waals surface area contributed by atoms with Crippen LogP contribution in [0.4, 0.5) is 13.2 Å². The van der Waals surface area contributed by atoms with Crippen LogP contribution in [0.1, 0.15) is 43.9 Å². The molecule has 0 saturated carbocycles. The van der Waals surface area contributed by atoms with Crippen LogP contribution in [0.2, 0.25) is 5.02 Å². The SMILES string of the molecule is CC(C)CC[C@@H](N)c1ccc(Cl)cc1C(F)(F)F. The fraction of sp³-hybridized carbons (Fsp3) is 0.538. The molecule has 0 aliphatic rings. The Morgan fingerprint density at radius 2 is 1.83 bits per heavy atom. The average molecular weight is 280 g/mol. The van der Waals surface area contributed by atoms with Crippen molar-refractivity contribution >= 4 is 11.6 Å². The van der Waals surface area contributed by atoms with Gasteiger partial charge in [-0.3, -0.25) is 0 Å². The molecule has 1 rings (SSSR count). The molecular formula is C13H17ClF3N. The lowest BCUT2D eigenvalue weighted by atomic mass is 9.94. The molecule has 1 aromatic carbocycles. The van der Waals surface area contributed by atoms with Crippen LogP contribution in [-0.4, -0.2) is 0 Å². The number of nitrogens with two attached hydrogens (primary N) is 1. The molecule has 1 atom stereocenters. The highest BCUT2D eigenvalue weighted by molar-refractivity contribution is 6.30. The number of benzene rings is 1. The summed E-state index contributed by atoms with van der Waals surface area (Å²) in [5.74, 6) is 0.415. The lowest BCUT2D eigenvalue weighted by Gasteiger charge is -2.19. The summed E-state index contributed by atoms with van der Waals surface area (Å²) in [5.41, 5.74) is 5.24. The molecule has 0 fully saturated rings. The van der Waals surface area contributed by atoms with E-state index in [1.54, 1.807) is 0 Å². The highest BCUT2D eigenvalue weighted by atomic mass is 35.5. The third-order valence-electron chi connectivity index (χ3n) is 2.78. The van der Waals surface area contributed by atoms with E-state index >= 15 is 0 Å². The Kier molecular flexibility index (Phi) is 5.05. The maximum Gasteiger partial charge on any atom is 0.416 e. The predicted octanol–water partition coefficient (Wildman–Crippen LogP) is 4.79. The van der Waals surface area contributed by atoms with Gasteiger partial charge in [0.25, 0.3) is 0 Å². The number of alkyl halides is 3. The quantitative estimate of drug-likeness (QED) is 0.842. The van der Waals surface area contributed by atoms with Crippen LogP contribution < -0.4 is 5.73 Å². The summed E-state index contributed by atoms with van der Waals surface area (Å²) in [7, 11) is 0. The van der Waals surface area contributed by atoms with E-state index in [0.29, 0.717) is 12.3 Å². The van der Waals surface area contributed by atoms with Gasteiger partial charge in [0.15, 0.2) is 0 Å². The lowest BCUT2D eigenvalue weighted by Crippen LogP contribution is -2.18. The van der Waals surface area contributed by atoms with Gasteiger partial charge in [-0.2, -0.15) is 13.2 Å². The van der Waals surface area contributed by atoms with Crippen molar-refractivity contribution in [2.75, 3.05) is 0 Å². The topological polar surface area (TPSA) is 26.0 Å². The van der Waals surface area contributed by atoms with Crippen molar-refractivity contribution in [3.05, 3.63) is 34.3 Å². The van der Waals surface area contributed by atoms with Gasteiger partial charge in [-0.1, -0.05) is 31.5 Å². The molecule has 1 nitrogen and oxygen atoms in total. The second-order valence-corrected chi connectivity index (χ2v) is 5.24. The molecule has 2 N–H and O–H groups in total. The smallest absolute Gasteiger partial charge is 0.324 e. The third kappa shape index (κ3) is 4.18. The van der Waals surface area contributed by atoms with Gasteiger partial charge in [0.1, 0.15) is 0 Å². The van der Waals surface area contributed by atoms with E-state index in [4.69, 9.17) is 17.3 Å². The van der Waals surface area contributed by atoms with Gasteiger partial charge in [-0.15, -0.1) is 0 Å². The lowest BCUT2D eigenvalue weighted by molar-refractivity contribution is -0.138. The summed E-state index contributed by atoms with van der Waals surface area (Å²) in [4.78, 5) is 0. The van der Waals surface area contributed by atoms with Gasteiger partial charge in [-0.25, -0.2) is 0 Å². The highest BCUT2D eigenvalue weighted by Gasteiger charge is 2.34. The minimum absolute atomic E-state index is 0.0714. The molecule has 0 bridgehead atoms. The van der Waals surface area contributed by atoms with E-state index in [1.165, 1.54) is 12.1 Å². The Bertz CT molecular complexity index is 402. The van der Waals surface area contributed by atoms with Crippen molar-refractivity contribution in [3.63, 3.8) is 0 Å². The Morgan fingerprint density at radius 1 is 1.22 bits per heavy atom. The fourth-order valence-corrected chi connectivity index (χ4v) is 1.94. The zero-order valence-corrected chi connectivity index (χ0v) is 11.1. The van der Waals surface area contributed by atoms with Crippen LogP contribution in [0.5, 0.6) is 0 Å². The van der Waals surface area contributed by atoms with Crippen LogP contribution in [-0.2, 0) is 6.18 Å². The second kappa shape index (κ2) is 5.93. The molecule has 0 heterocycles. The minimum Gasteiger partial charge on any atom is -0.324 e. The largest absolute Gasteiger partial charge is 0.416 e. The average Bonchev–Trinajstić information content (AvgIpc) is 2.24. The van der Waals surface area contributed by atoms with Crippen LogP contribution in [0, 0.1) is 5.92 Å². The Hall–Kier alpha value is -0.740. The van der Waals surface area contributed by atoms with Crippen molar-refractivity contribution in [2.24, 2.45) is 11.7 Å². The molecular weight excluding hydrogens is 263 g/mol. The Morgan fingerprint density at radius 3 is 2.33 bits per heavy atom. The van der Waals surface area contributed by atoms with Crippen LogP contribution in [0.15, 0.2) is 18.2 Å². The first-order valence-electron chi connectivity index (χ1n) is 5.84. The first-order chi connectivity index (χ1) is 8.21. The Balaban J connectivity index is 3.00. The van der Waals surface area contributed by atoms with Crippen LogP contribution >= 0.6 is 11.6 Å². The van der Waals surface area contributed by atoms with Crippen molar-refractivity contribution in [1.82, 2.24) is 0 Å². The van der Waals surface area contributed by atoms with Crippen molar-refractivity contribution < 1.29 is 13.2 Å². The predicted molar refractivity (Wildman–Crippen MR) is 67.5 cm³/mol. The number of hydrogen-bond acceptors (Lipinski definition) is 1. The fourth-order valence-electron chi connectivity index (χ4n) is 1.77. The molecule has 0 unspecified atom stereocenters. The Labute approximate surface area is 110 Å². The van der Waals surface area contributed by atoms with Gasteiger partial charge >= 0.3 is 6.18 Å². The van der Waals surface area contributed by atoms with Crippen LogP contribution in [0.25, 0.3) is 0 Å². The van der Waals surface area contributed by atoms with E-state index in [1.807, 2.05) is 13.8 Å². The molecule has 0 amide bonds. The van der Waals surface area contributed by atoms with Gasteiger partial charge in [0.05, 0.1) is 5.56 Å². The van der Waals surface area contributed by atoms with E-state index in [2.05, 4.69) is 0 Å². The normalized spacial score (nSPS) is 14.0. The van der Waals surface area contributed by atoms with Crippen LogP contribution in [0.3, 0.4) is 0 Å². The van der Waals surface area contributed by atoms with E-state index in [-0.39, 0.29) is 10.6 Å². The molecule has 102 valence electrons.